The Kier molecular flexibility index (Phi) is 2.68. The minimum absolute atomic E-state index is 0. The van der Waals surface area contributed by atoms with Crippen LogP contribution in [0.15, 0.2) is 14.4 Å². The van der Waals surface area contributed by atoms with Crippen LogP contribution in [0.1, 0.15) is 0 Å². The quantitative estimate of drug-likeness (QED) is 0.407. The third kappa shape index (κ3) is 1.94. The number of rotatable bonds is 0. The topological polar surface area (TPSA) is 98.6 Å². The summed E-state index contributed by atoms with van der Waals surface area (Å²) in [4.78, 5) is 35.9. The molecule has 0 aliphatic carbocycles. The van der Waals surface area contributed by atoms with Gasteiger partial charge in [0.15, 0.2) is 0 Å². The first-order valence-electron chi connectivity index (χ1n) is 2.11. The smallest absolute Gasteiger partial charge is 0.259 e. The highest BCUT2D eigenvalue weighted by molar-refractivity contribution is 7.59. The van der Waals surface area contributed by atoms with Gasteiger partial charge >= 0.3 is 17.1 Å². The van der Waals surface area contributed by atoms with Crippen molar-refractivity contribution in [3.05, 3.63) is 31.5 Å². The summed E-state index contributed by atoms with van der Waals surface area (Å²) in [7, 11) is 0. The van der Waals surface area contributed by atoms with E-state index >= 15 is 0 Å². The SMILES string of the molecule is O=c1[nH]c(=O)[nH]c(=O)[nH]1.S. The molecule has 0 amide bonds. The molecule has 0 saturated heterocycles. The molecule has 0 fully saturated rings. The third-order valence-corrected chi connectivity index (χ3v) is 0.681. The molecule has 1 aromatic heterocycles. The maximum Gasteiger partial charge on any atom is 0.330 e. The van der Waals surface area contributed by atoms with Crippen molar-refractivity contribution in [1.82, 2.24) is 15.0 Å². The monoisotopic (exact) mass is 163 g/mol. The lowest BCUT2D eigenvalue weighted by molar-refractivity contribution is 0.888. The van der Waals surface area contributed by atoms with E-state index in [0.717, 1.165) is 0 Å². The van der Waals surface area contributed by atoms with Crippen LogP contribution in [0.5, 0.6) is 0 Å². The zero-order valence-corrected chi connectivity index (χ0v) is 5.72. The molecule has 0 unspecified atom stereocenters. The average molecular weight is 163 g/mol. The van der Waals surface area contributed by atoms with Crippen molar-refractivity contribution in [3.8, 4) is 0 Å². The van der Waals surface area contributed by atoms with Crippen molar-refractivity contribution in [2.24, 2.45) is 0 Å². The van der Waals surface area contributed by atoms with E-state index < -0.39 is 17.1 Å². The van der Waals surface area contributed by atoms with Gasteiger partial charge in [0.2, 0.25) is 0 Å². The number of hydrogen-bond donors (Lipinski definition) is 3. The van der Waals surface area contributed by atoms with Crippen LogP contribution < -0.4 is 17.1 Å². The van der Waals surface area contributed by atoms with Gasteiger partial charge < -0.3 is 0 Å². The van der Waals surface area contributed by atoms with E-state index in [1.165, 1.54) is 0 Å². The Morgan fingerprint density at radius 3 is 1.10 bits per heavy atom. The minimum atomic E-state index is -0.802. The van der Waals surface area contributed by atoms with Crippen molar-refractivity contribution >= 4 is 13.5 Å². The highest BCUT2D eigenvalue weighted by Gasteiger charge is 1.84. The number of hydrogen-bond acceptors (Lipinski definition) is 3. The van der Waals surface area contributed by atoms with Crippen molar-refractivity contribution in [1.29, 1.82) is 0 Å². The molecule has 0 saturated carbocycles. The molecule has 0 aromatic carbocycles. The summed E-state index contributed by atoms with van der Waals surface area (Å²) >= 11 is 0. The summed E-state index contributed by atoms with van der Waals surface area (Å²) in [5, 5.41) is 0. The van der Waals surface area contributed by atoms with Crippen LogP contribution in [0, 0.1) is 0 Å². The van der Waals surface area contributed by atoms with Crippen LogP contribution in [0.2, 0.25) is 0 Å². The Bertz CT molecular complexity index is 281. The van der Waals surface area contributed by atoms with E-state index in [-0.39, 0.29) is 13.5 Å². The van der Waals surface area contributed by atoms with Gasteiger partial charge in [-0.05, 0) is 0 Å². The molecule has 0 aliphatic rings. The summed E-state index contributed by atoms with van der Waals surface area (Å²) in [6.07, 6.45) is 0. The Morgan fingerprint density at radius 2 is 0.900 bits per heavy atom. The second kappa shape index (κ2) is 3.06. The second-order valence-corrected chi connectivity index (χ2v) is 1.36. The van der Waals surface area contributed by atoms with Gasteiger partial charge in [0.1, 0.15) is 0 Å². The van der Waals surface area contributed by atoms with Crippen LogP contribution in [0.3, 0.4) is 0 Å². The Balaban J connectivity index is 0.000000810. The Labute approximate surface area is 60.8 Å². The highest BCUT2D eigenvalue weighted by atomic mass is 32.1. The molecule has 56 valence electrons. The maximum atomic E-state index is 10.2. The molecule has 1 aromatic rings. The lowest BCUT2D eigenvalue weighted by Crippen LogP contribution is -2.34. The molecular formula is C3H5N3O3S. The molecule has 0 bridgehead atoms. The Morgan fingerprint density at radius 1 is 0.700 bits per heavy atom. The van der Waals surface area contributed by atoms with Crippen molar-refractivity contribution in [2.45, 2.75) is 0 Å². The number of H-pyrrole nitrogens is 3. The van der Waals surface area contributed by atoms with E-state index in [1.807, 2.05) is 0 Å². The van der Waals surface area contributed by atoms with E-state index in [2.05, 4.69) is 0 Å². The van der Waals surface area contributed by atoms with Gasteiger partial charge in [-0.3, -0.25) is 15.0 Å². The summed E-state index contributed by atoms with van der Waals surface area (Å²) < 4.78 is 0. The fourth-order valence-electron chi connectivity index (χ4n) is 0.403. The molecule has 0 spiro atoms. The largest absolute Gasteiger partial charge is 0.330 e. The summed E-state index contributed by atoms with van der Waals surface area (Å²) in [5.41, 5.74) is -2.41. The van der Waals surface area contributed by atoms with Crippen molar-refractivity contribution in [3.63, 3.8) is 0 Å². The van der Waals surface area contributed by atoms with Crippen LogP contribution in [-0.4, -0.2) is 15.0 Å². The molecule has 0 radical (unpaired) electrons. The lowest BCUT2D eigenvalue weighted by Gasteiger charge is -1.77. The lowest BCUT2D eigenvalue weighted by atomic mass is 11.0. The number of aromatic amines is 3. The van der Waals surface area contributed by atoms with Crippen molar-refractivity contribution < 1.29 is 0 Å². The zero-order valence-electron chi connectivity index (χ0n) is 4.72. The van der Waals surface area contributed by atoms with Crippen LogP contribution in [-0.2, 0) is 0 Å². The summed E-state index contributed by atoms with van der Waals surface area (Å²) in [5.74, 6) is 0. The van der Waals surface area contributed by atoms with Gasteiger partial charge in [-0.2, -0.15) is 13.5 Å². The van der Waals surface area contributed by atoms with Gasteiger partial charge in [0.05, 0.1) is 0 Å². The normalized spacial score (nSPS) is 8.40. The summed E-state index contributed by atoms with van der Waals surface area (Å²) in [6, 6.07) is 0. The highest BCUT2D eigenvalue weighted by Crippen LogP contribution is 1.29. The fourth-order valence-corrected chi connectivity index (χ4v) is 0.403. The predicted octanol–water partition coefficient (Wildman–Crippen LogP) is -2.14. The van der Waals surface area contributed by atoms with Gasteiger partial charge in [-0.1, -0.05) is 0 Å². The number of aromatic nitrogens is 3. The molecule has 1 heterocycles. The van der Waals surface area contributed by atoms with E-state index in [1.54, 1.807) is 15.0 Å². The van der Waals surface area contributed by atoms with Gasteiger partial charge in [-0.25, -0.2) is 14.4 Å². The number of nitrogens with one attached hydrogen (secondary N) is 3. The second-order valence-electron chi connectivity index (χ2n) is 1.36. The molecule has 1 rings (SSSR count). The molecular weight excluding hydrogens is 158 g/mol. The minimum Gasteiger partial charge on any atom is -0.259 e. The molecule has 7 heteroatoms. The van der Waals surface area contributed by atoms with Gasteiger partial charge in [0.25, 0.3) is 0 Å². The predicted molar refractivity (Wildman–Crippen MR) is 38.7 cm³/mol. The average Bonchev–Trinajstić information content (AvgIpc) is 1.59. The van der Waals surface area contributed by atoms with E-state index in [9.17, 15) is 14.4 Å². The third-order valence-electron chi connectivity index (χ3n) is 0.681. The van der Waals surface area contributed by atoms with Crippen LogP contribution >= 0.6 is 13.5 Å². The fraction of sp³-hybridized carbons (Fsp3) is 0. The van der Waals surface area contributed by atoms with E-state index in [4.69, 9.17) is 0 Å². The standard InChI is InChI=1S/C3H3N3O3.H2S/c7-1-4-2(8)6-3(9)5-1;/h(H3,4,5,6,7,8,9);1H2. The molecule has 0 atom stereocenters. The molecule has 10 heavy (non-hydrogen) atoms. The first-order valence-corrected chi connectivity index (χ1v) is 2.11. The van der Waals surface area contributed by atoms with Crippen LogP contribution in [0.25, 0.3) is 0 Å². The first kappa shape index (κ1) is 8.76. The molecule has 6 nitrogen and oxygen atoms in total. The van der Waals surface area contributed by atoms with Crippen molar-refractivity contribution in [2.75, 3.05) is 0 Å². The maximum absolute atomic E-state index is 10.2. The van der Waals surface area contributed by atoms with Crippen LogP contribution in [0.4, 0.5) is 0 Å². The molecule has 0 aliphatic heterocycles. The van der Waals surface area contributed by atoms with Gasteiger partial charge in [-0.15, -0.1) is 0 Å². The van der Waals surface area contributed by atoms with E-state index in [0.29, 0.717) is 0 Å². The summed E-state index contributed by atoms with van der Waals surface area (Å²) in [6.45, 7) is 0. The first-order chi connectivity index (χ1) is 4.18. The Hall–Kier alpha value is -1.24. The molecule has 3 N–H and O–H groups in total. The zero-order chi connectivity index (χ0) is 6.85. The van der Waals surface area contributed by atoms with Gasteiger partial charge in [0, 0.05) is 0 Å².